The first-order valence-corrected chi connectivity index (χ1v) is 5.27. The third-order valence-electron chi connectivity index (χ3n) is 3.23. The maximum absolute atomic E-state index is 12.9. The minimum atomic E-state index is -0.526. The summed E-state index contributed by atoms with van der Waals surface area (Å²) in [5, 5.41) is 0. The molecule has 1 nitrogen and oxygen atoms in total. The molecule has 2 N–H and O–H groups in total. The van der Waals surface area contributed by atoms with Crippen LogP contribution in [0.25, 0.3) is 0 Å². The van der Waals surface area contributed by atoms with E-state index >= 15 is 0 Å². The summed E-state index contributed by atoms with van der Waals surface area (Å²) in [6.45, 7) is 2.09. The summed E-state index contributed by atoms with van der Waals surface area (Å²) in [6, 6.07) is 3.61. The molecule has 3 heteroatoms. The van der Waals surface area contributed by atoms with Gasteiger partial charge in [0.05, 0.1) is 0 Å². The summed E-state index contributed by atoms with van der Waals surface area (Å²) in [4.78, 5) is 0. The van der Waals surface area contributed by atoms with Gasteiger partial charge in [-0.15, -0.1) is 0 Å². The molecule has 1 aliphatic rings. The van der Waals surface area contributed by atoms with Crippen LogP contribution in [0.2, 0.25) is 0 Å². The molecule has 0 aromatic heterocycles. The molecule has 0 saturated heterocycles. The molecule has 1 fully saturated rings. The number of rotatable bonds is 3. The molecule has 1 aliphatic carbocycles. The van der Waals surface area contributed by atoms with Crippen LogP contribution in [0, 0.1) is 17.6 Å². The molecular formula is C12H15F2N. The molecule has 2 unspecified atom stereocenters. The lowest BCUT2D eigenvalue weighted by Crippen LogP contribution is -2.27. The first-order chi connectivity index (χ1) is 7.03. The molecule has 1 saturated carbocycles. The van der Waals surface area contributed by atoms with E-state index in [0.29, 0.717) is 17.9 Å². The zero-order valence-corrected chi connectivity index (χ0v) is 8.76. The third-order valence-corrected chi connectivity index (χ3v) is 3.23. The molecule has 0 amide bonds. The van der Waals surface area contributed by atoms with Crippen molar-refractivity contribution in [3.05, 3.63) is 35.4 Å². The van der Waals surface area contributed by atoms with E-state index < -0.39 is 11.6 Å². The van der Waals surface area contributed by atoms with Gasteiger partial charge in [0.1, 0.15) is 11.6 Å². The van der Waals surface area contributed by atoms with E-state index in [1.54, 1.807) is 0 Å². The topological polar surface area (TPSA) is 26.0 Å². The summed E-state index contributed by atoms with van der Waals surface area (Å²) in [6.07, 6.45) is 2.57. The van der Waals surface area contributed by atoms with Gasteiger partial charge in [0.2, 0.25) is 0 Å². The Morgan fingerprint density at radius 1 is 1.33 bits per heavy atom. The van der Waals surface area contributed by atoms with E-state index in [9.17, 15) is 8.78 Å². The summed E-state index contributed by atoms with van der Waals surface area (Å²) in [5.74, 6) is -0.548. The van der Waals surface area contributed by atoms with Gasteiger partial charge in [-0.2, -0.15) is 0 Å². The van der Waals surface area contributed by atoms with E-state index in [0.717, 1.165) is 18.9 Å². The lowest BCUT2D eigenvalue weighted by Gasteiger charge is -2.11. The lowest BCUT2D eigenvalue weighted by molar-refractivity contribution is 0.557. The van der Waals surface area contributed by atoms with Crippen molar-refractivity contribution in [3.8, 4) is 0 Å². The van der Waals surface area contributed by atoms with Gasteiger partial charge in [-0.25, -0.2) is 8.78 Å². The standard InChI is InChI=1S/C12H15F2N/c1-2-9-7-12(9,15)6-8-3-10(13)5-11(14)4-8/h3-5,9H,2,6-7,15H2,1H3. The van der Waals surface area contributed by atoms with Gasteiger partial charge >= 0.3 is 0 Å². The molecule has 1 aromatic carbocycles. The zero-order chi connectivity index (χ0) is 11.1. The lowest BCUT2D eigenvalue weighted by atomic mass is 10.0. The van der Waals surface area contributed by atoms with Gasteiger partial charge < -0.3 is 5.73 Å². The third kappa shape index (κ3) is 2.17. The van der Waals surface area contributed by atoms with Gasteiger partial charge in [-0.1, -0.05) is 13.3 Å². The van der Waals surface area contributed by atoms with E-state index in [2.05, 4.69) is 6.92 Å². The predicted octanol–water partition coefficient (Wildman–Crippen LogP) is 2.63. The Morgan fingerprint density at radius 2 is 1.93 bits per heavy atom. The Hall–Kier alpha value is -0.960. The van der Waals surface area contributed by atoms with Gasteiger partial charge in [0.15, 0.2) is 0 Å². The van der Waals surface area contributed by atoms with Crippen LogP contribution in [0.4, 0.5) is 8.78 Å². The maximum Gasteiger partial charge on any atom is 0.126 e. The first-order valence-electron chi connectivity index (χ1n) is 5.27. The average Bonchev–Trinajstić information content (AvgIpc) is 2.74. The Labute approximate surface area is 88.3 Å². The Morgan fingerprint density at radius 3 is 2.40 bits per heavy atom. The Bertz CT molecular complexity index is 358. The first kappa shape index (κ1) is 10.6. The minimum Gasteiger partial charge on any atom is -0.325 e. The van der Waals surface area contributed by atoms with Gasteiger partial charge in [0.25, 0.3) is 0 Å². The molecule has 82 valence electrons. The highest BCUT2D eigenvalue weighted by atomic mass is 19.1. The van der Waals surface area contributed by atoms with Crippen LogP contribution in [0.5, 0.6) is 0 Å². The van der Waals surface area contributed by atoms with Crippen LogP contribution in [-0.4, -0.2) is 5.54 Å². The van der Waals surface area contributed by atoms with Gasteiger partial charge in [-0.05, 0) is 36.5 Å². The number of hydrogen-bond donors (Lipinski definition) is 1. The van der Waals surface area contributed by atoms with Gasteiger partial charge in [0, 0.05) is 11.6 Å². The Kier molecular flexibility index (Phi) is 2.51. The highest BCUT2D eigenvalue weighted by Gasteiger charge is 2.49. The second kappa shape index (κ2) is 3.56. The van der Waals surface area contributed by atoms with E-state index in [-0.39, 0.29) is 5.54 Å². The number of nitrogens with two attached hydrogens (primary N) is 1. The monoisotopic (exact) mass is 211 g/mol. The molecule has 0 spiro atoms. The average molecular weight is 211 g/mol. The molecule has 2 atom stereocenters. The molecular weight excluding hydrogens is 196 g/mol. The van der Waals surface area contributed by atoms with Crippen LogP contribution < -0.4 is 5.73 Å². The molecule has 0 aliphatic heterocycles. The van der Waals surface area contributed by atoms with E-state index in [4.69, 9.17) is 5.73 Å². The second-order valence-electron chi connectivity index (χ2n) is 4.50. The van der Waals surface area contributed by atoms with Crippen LogP contribution in [0.3, 0.4) is 0 Å². The van der Waals surface area contributed by atoms with E-state index in [1.165, 1.54) is 12.1 Å². The fraction of sp³-hybridized carbons (Fsp3) is 0.500. The number of benzene rings is 1. The number of halogens is 2. The van der Waals surface area contributed by atoms with Crippen molar-refractivity contribution in [2.75, 3.05) is 0 Å². The van der Waals surface area contributed by atoms with Crippen molar-refractivity contribution in [2.45, 2.75) is 31.7 Å². The van der Waals surface area contributed by atoms with Crippen LogP contribution in [-0.2, 0) is 6.42 Å². The smallest absolute Gasteiger partial charge is 0.126 e. The van der Waals surface area contributed by atoms with Crippen LogP contribution >= 0.6 is 0 Å². The molecule has 2 rings (SSSR count). The normalized spacial score (nSPS) is 29.2. The molecule has 0 heterocycles. The molecule has 0 radical (unpaired) electrons. The fourth-order valence-corrected chi connectivity index (χ4v) is 2.26. The highest BCUT2D eigenvalue weighted by Crippen LogP contribution is 2.45. The minimum absolute atomic E-state index is 0.227. The number of hydrogen-bond acceptors (Lipinski definition) is 1. The van der Waals surface area contributed by atoms with Crippen molar-refractivity contribution in [1.82, 2.24) is 0 Å². The summed E-state index contributed by atoms with van der Waals surface area (Å²) < 4.78 is 25.8. The van der Waals surface area contributed by atoms with Crippen molar-refractivity contribution in [1.29, 1.82) is 0 Å². The fourth-order valence-electron chi connectivity index (χ4n) is 2.26. The van der Waals surface area contributed by atoms with Crippen LogP contribution in [0.1, 0.15) is 25.3 Å². The Balaban J connectivity index is 2.12. The van der Waals surface area contributed by atoms with E-state index in [1.807, 2.05) is 0 Å². The highest BCUT2D eigenvalue weighted by molar-refractivity contribution is 5.24. The van der Waals surface area contributed by atoms with Crippen molar-refractivity contribution in [3.63, 3.8) is 0 Å². The zero-order valence-electron chi connectivity index (χ0n) is 8.76. The quantitative estimate of drug-likeness (QED) is 0.817. The molecule has 0 bridgehead atoms. The summed E-state index contributed by atoms with van der Waals surface area (Å²) in [7, 11) is 0. The van der Waals surface area contributed by atoms with Crippen LogP contribution in [0.15, 0.2) is 18.2 Å². The summed E-state index contributed by atoms with van der Waals surface area (Å²) in [5.41, 5.74) is 6.52. The maximum atomic E-state index is 12.9. The largest absolute Gasteiger partial charge is 0.325 e. The van der Waals surface area contributed by atoms with Crippen molar-refractivity contribution >= 4 is 0 Å². The predicted molar refractivity (Wildman–Crippen MR) is 55.4 cm³/mol. The molecule has 1 aromatic rings. The van der Waals surface area contributed by atoms with Crippen molar-refractivity contribution in [2.24, 2.45) is 11.7 Å². The SMILES string of the molecule is CCC1CC1(N)Cc1cc(F)cc(F)c1. The van der Waals surface area contributed by atoms with Crippen molar-refractivity contribution < 1.29 is 8.78 Å². The second-order valence-corrected chi connectivity index (χ2v) is 4.50. The summed E-state index contributed by atoms with van der Waals surface area (Å²) >= 11 is 0. The molecule has 15 heavy (non-hydrogen) atoms. The van der Waals surface area contributed by atoms with Gasteiger partial charge in [-0.3, -0.25) is 0 Å².